The topological polar surface area (TPSA) is 37.4 Å². The monoisotopic (exact) mass is 337 g/mol. The van der Waals surface area contributed by atoms with Gasteiger partial charge in [0.15, 0.2) is 0 Å². The minimum atomic E-state index is -0.205. The second-order valence-corrected chi connectivity index (χ2v) is 6.96. The van der Waals surface area contributed by atoms with Gasteiger partial charge in [-0.2, -0.15) is 0 Å². The number of thioether (sulfide) groups is 1. The third-order valence-corrected chi connectivity index (χ3v) is 4.89. The van der Waals surface area contributed by atoms with Gasteiger partial charge in [0.25, 0.3) is 11.8 Å². The minimum absolute atomic E-state index is 0.189. The van der Waals surface area contributed by atoms with Gasteiger partial charge in [-0.1, -0.05) is 67.1 Å². The molecule has 0 atom stereocenters. The molecule has 1 aliphatic heterocycles. The summed E-state index contributed by atoms with van der Waals surface area (Å²) in [6, 6.07) is 17.4. The lowest BCUT2D eigenvalue weighted by Crippen LogP contribution is -2.30. The van der Waals surface area contributed by atoms with Crippen molar-refractivity contribution in [2.24, 2.45) is 0 Å². The fourth-order valence-electron chi connectivity index (χ4n) is 2.72. The Morgan fingerprint density at radius 1 is 0.917 bits per heavy atom. The lowest BCUT2D eigenvalue weighted by Gasteiger charge is -2.15. The summed E-state index contributed by atoms with van der Waals surface area (Å²) < 4.78 is 0. The number of carbonyl (C=O) groups is 2. The van der Waals surface area contributed by atoms with Crippen molar-refractivity contribution in [1.82, 2.24) is 4.90 Å². The maximum atomic E-state index is 12.9. The van der Waals surface area contributed by atoms with E-state index < -0.39 is 0 Å². The zero-order valence-corrected chi connectivity index (χ0v) is 14.6. The maximum Gasteiger partial charge on any atom is 0.268 e. The van der Waals surface area contributed by atoms with Crippen molar-refractivity contribution in [3.8, 4) is 0 Å². The van der Waals surface area contributed by atoms with Crippen molar-refractivity contribution < 1.29 is 9.59 Å². The van der Waals surface area contributed by atoms with Crippen LogP contribution in [0.5, 0.6) is 0 Å². The molecule has 0 fully saturated rings. The Labute approximate surface area is 146 Å². The second-order valence-electron chi connectivity index (χ2n) is 5.69. The first-order chi connectivity index (χ1) is 11.6. The van der Waals surface area contributed by atoms with E-state index in [4.69, 9.17) is 0 Å². The summed E-state index contributed by atoms with van der Waals surface area (Å²) >= 11 is 1.44. The highest BCUT2D eigenvalue weighted by Gasteiger charge is 2.38. The molecule has 0 spiro atoms. The Balaban J connectivity index is 1.97. The molecule has 0 saturated carbocycles. The molecule has 0 N–H and O–H groups in total. The number of carbonyl (C=O) groups excluding carboxylic acids is 2. The Hall–Kier alpha value is -2.33. The van der Waals surface area contributed by atoms with E-state index in [0.717, 1.165) is 22.4 Å². The van der Waals surface area contributed by atoms with Gasteiger partial charge in [0.1, 0.15) is 0 Å². The first-order valence-corrected chi connectivity index (χ1v) is 8.94. The van der Waals surface area contributed by atoms with E-state index in [1.54, 1.807) is 0 Å². The molecule has 0 bridgehead atoms. The molecule has 3 rings (SSSR count). The van der Waals surface area contributed by atoms with Crippen LogP contribution in [-0.2, 0) is 16.1 Å². The molecule has 4 heteroatoms. The highest BCUT2D eigenvalue weighted by Crippen LogP contribution is 2.36. The van der Waals surface area contributed by atoms with Gasteiger partial charge in [-0.05, 0) is 23.8 Å². The number of amides is 2. The van der Waals surface area contributed by atoms with E-state index in [1.165, 1.54) is 16.7 Å². The molecule has 2 aromatic carbocycles. The van der Waals surface area contributed by atoms with Crippen molar-refractivity contribution in [2.75, 3.05) is 5.75 Å². The maximum absolute atomic E-state index is 12.9. The van der Waals surface area contributed by atoms with Crippen LogP contribution in [0, 0.1) is 6.92 Å². The Bertz CT molecular complexity index is 794. The SMILES string of the molecule is CCSC1=C(c2ccc(C)cc2)C(=O)N(Cc2ccccc2)C1=O. The number of hydrogen-bond acceptors (Lipinski definition) is 3. The summed E-state index contributed by atoms with van der Waals surface area (Å²) in [4.78, 5) is 27.6. The van der Waals surface area contributed by atoms with Crippen molar-refractivity contribution in [3.63, 3.8) is 0 Å². The van der Waals surface area contributed by atoms with Crippen molar-refractivity contribution in [1.29, 1.82) is 0 Å². The Morgan fingerprint density at radius 3 is 2.21 bits per heavy atom. The second kappa shape index (κ2) is 7.05. The van der Waals surface area contributed by atoms with Gasteiger partial charge >= 0.3 is 0 Å². The van der Waals surface area contributed by atoms with Gasteiger partial charge in [0.2, 0.25) is 0 Å². The smallest absolute Gasteiger partial charge is 0.268 e. The molecule has 0 unspecified atom stereocenters. The predicted molar refractivity (Wildman–Crippen MR) is 98.2 cm³/mol. The van der Waals surface area contributed by atoms with Crippen LogP contribution in [-0.4, -0.2) is 22.5 Å². The van der Waals surface area contributed by atoms with E-state index in [1.807, 2.05) is 68.4 Å². The van der Waals surface area contributed by atoms with E-state index in [2.05, 4.69) is 0 Å². The highest BCUT2D eigenvalue weighted by molar-refractivity contribution is 8.04. The molecule has 1 heterocycles. The largest absolute Gasteiger partial charge is 0.269 e. The van der Waals surface area contributed by atoms with Crippen LogP contribution in [0.2, 0.25) is 0 Å². The van der Waals surface area contributed by atoms with Crippen LogP contribution >= 0.6 is 11.8 Å². The van der Waals surface area contributed by atoms with Gasteiger partial charge in [-0.15, -0.1) is 11.8 Å². The van der Waals surface area contributed by atoms with Crippen molar-refractivity contribution in [2.45, 2.75) is 20.4 Å². The van der Waals surface area contributed by atoms with Crippen LogP contribution in [0.4, 0.5) is 0 Å². The summed E-state index contributed by atoms with van der Waals surface area (Å²) in [7, 11) is 0. The molecule has 2 aromatic rings. The van der Waals surface area contributed by atoms with Gasteiger partial charge in [-0.25, -0.2) is 0 Å². The number of aryl methyl sites for hydroxylation is 1. The fourth-order valence-corrected chi connectivity index (χ4v) is 3.59. The third kappa shape index (κ3) is 3.15. The predicted octanol–water partition coefficient (Wildman–Crippen LogP) is 4.03. The van der Waals surface area contributed by atoms with Crippen LogP contribution in [0.15, 0.2) is 59.5 Å². The third-order valence-electron chi connectivity index (χ3n) is 3.94. The van der Waals surface area contributed by atoms with Crippen LogP contribution in [0.1, 0.15) is 23.6 Å². The van der Waals surface area contributed by atoms with E-state index in [9.17, 15) is 9.59 Å². The molecular weight excluding hydrogens is 318 g/mol. The molecule has 0 radical (unpaired) electrons. The Kier molecular flexibility index (Phi) is 4.86. The van der Waals surface area contributed by atoms with E-state index in [0.29, 0.717) is 17.0 Å². The summed E-state index contributed by atoms with van der Waals surface area (Å²) in [5.74, 6) is 0.359. The lowest BCUT2D eigenvalue weighted by molar-refractivity contribution is -0.137. The average molecular weight is 337 g/mol. The first kappa shape index (κ1) is 16.5. The van der Waals surface area contributed by atoms with Crippen molar-refractivity contribution in [3.05, 3.63) is 76.2 Å². The molecule has 0 aliphatic carbocycles. The van der Waals surface area contributed by atoms with Gasteiger partial charge in [0, 0.05) is 0 Å². The summed E-state index contributed by atoms with van der Waals surface area (Å²) in [6.07, 6.45) is 0. The van der Waals surface area contributed by atoms with Crippen LogP contribution in [0.3, 0.4) is 0 Å². The zero-order valence-electron chi connectivity index (χ0n) is 13.8. The molecular formula is C20H19NO2S. The van der Waals surface area contributed by atoms with Gasteiger partial charge in [-0.3, -0.25) is 14.5 Å². The quantitative estimate of drug-likeness (QED) is 0.773. The number of hydrogen-bond donors (Lipinski definition) is 0. The van der Waals surface area contributed by atoms with Gasteiger partial charge in [0.05, 0.1) is 17.0 Å². The standard InChI is InChI=1S/C20H19NO2S/c1-3-24-18-17(16-11-9-14(2)10-12-16)19(22)21(20(18)23)13-15-7-5-4-6-8-15/h4-12H,3,13H2,1-2H3. The molecule has 3 nitrogen and oxygen atoms in total. The number of rotatable bonds is 5. The molecule has 0 aromatic heterocycles. The number of benzene rings is 2. The van der Waals surface area contributed by atoms with Crippen molar-refractivity contribution >= 4 is 29.1 Å². The molecule has 122 valence electrons. The fraction of sp³-hybridized carbons (Fsp3) is 0.200. The summed E-state index contributed by atoms with van der Waals surface area (Å²) in [5.41, 5.74) is 3.42. The summed E-state index contributed by atoms with van der Waals surface area (Å²) in [6.45, 7) is 4.30. The molecule has 1 aliphatic rings. The lowest BCUT2D eigenvalue weighted by atomic mass is 10.0. The molecule has 24 heavy (non-hydrogen) atoms. The summed E-state index contributed by atoms with van der Waals surface area (Å²) in [5, 5.41) is 0. The van der Waals surface area contributed by atoms with Crippen LogP contribution < -0.4 is 0 Å². The zero-order chi connectivity index (χ0) is 17.1. The van der Waals surface area contributed by atoms with E-state index in [-0.39, 0.29) is 11.8 Å². The van der Waals surface area contributed by atoms with Gasteiger partial charge < -0.3 is 0 Å². The molecule has 2 amide bonds. The first-order valence-electron chi connectivity index (χ1n) is 7.96. The average Bonchev–Trinajstić information content (AvgIpc) is 2.82. The normalized spacial score (nSPS) is 14.7. The van der Waals surface area contributed by atoms with E-state index >= 15 is 0 Å². The molecule has 0 saturated heterocycles. The highest BCUT2D eigenvalue weighted by atomic mass is 32.2. The number of nitrogens with zero attached hydrogens (tertiary/aromatic N) is 1. The number of imide groups is 1. The van der Waals surface area contributed by atoms with Crippen LogP contribution in [0.25, 0.3) is 5.57 Å². The minimum Gasteiger partial charge on any atom is -0.269 e. The Morgan fingerprint density at radius 2 is 1.58 bits per heavy atom.